The Bertz CT molecular complexity index is 1120. The molecule has 0 spiro atoms. The van der Waals surface area contributed by atoms with Crippen molar-refractivity contribution in [2.45, 2.75) is 290 Å². The van der Waals surface area contributed by atoms with Gasteiger partial charge < -0.3 is 14.2 Å². The van der Waals surface area contributed by atoms with Gasteiger partial charge in [-0.2, -0.15) is 0 Å². The van der Waals surface area contributed by atoms with E-state index in [2.05, 4.69) is 69.4 Å². The molecule has 6 nitrogen and oxygen atoms in total. The van der Waals surface area contributed by atoms with Gasteiger partial charge in [-0.25, -0.2) is 0 Å². The van der Waals surface area contributed by atoms with Crippen LogP contribution in [-0.2, 0) is 28.6 Å². The standard InChI is InChI=1S/C58H104O6/c1-4-7-10-13-16-19-22-24-25-26-27-28-29-30-31-32-34-36-39-42-45-48-51-57(60)63-54-55(53-62-56(59)50-47-44-41-38-35-21-18-15-12-9-6-3)64-58(61)52-49-46-43-40-37-33-23-20-17-14-11-8-5-2/h8,11,15,17-18,20,33,37,55H,4-7,9-10,12-14,16,19,21-32,34-36,38-54H2,1-3H3/b11-8-,18-15-,20-17-,37-33-. The smallest absolute Gasteiger partial charge is 0.306 e. The Labute approximate surface area is 397 Å². The van der Waals surface area contributed by atoms with Crippen LogP contribution in [0.2, 0.25) is 0 Å². The van der Waals surface area contributed by atoms with Crippen molar-refractivity contribution in [3.05, 3.63) is 48.6 Å². The molecule has 0 rings (SSSR count). The zero-order chi connectivity index (χ0) is 46.5. The van der Waals surface area contributed by atoms with Gasteiger partial charge in [0.1, 0.15) is 13.2 Å². The second-order valence-electron chi connectivity index (χ2n) is 18.5. The lowest BCUT2D eigenvalue weighted by Gasteiger charge is -2.18. The molecule has 0 radical (unpaired) electrons. The SMILES string of the molecule is CC/C=C\C/C=C\C/C=C\CCCCCC(=O)OC(COC(=O)CCCCCCC/C=C\CCCC)COC(=O)CCCCCCCCCCCCCCCCCCCCCCCC. The zero-order valence-corrected chi connectivity index (χ0v) is 42.6. The lowest BCUT2D eigenvalue weighted by Crippen LogP contribution is -2.30. The second kappa shape index (κ2) is 53.0. The van der Waals surface area contributed by atoms with Gasteiger partial charge in [0, 0.05) is 19.3 Å². The Balaban J connectivity index is 4.25. The number of esters is 3. The van der Waals surface area contributed by atoms with Crippen LogP contribution in [0.3, 0.4) is 0 Å². The van der Waals surface area contributed by atoms with Gasteiger partial charge in [-0.3, -0.25) is 14.4 Å². The number of hydrogen-bond donors (Lipinski definition) is 0. The average molecular weight is 897 g/mol. The minimum atomic E-state index is -0.788. The Morgan fingerprint density at radius 3 is 1.03 bits per heavy atom. The number of unbranched alkanes of at least 4 members (excludes halogenated alkanes) is 31. The van der Waals surface area contributed by atoms with Crippen LogP contribution in [0.1, 0.15) is 284 Å². The number of carbonyl (C=O) groups excluding carboxylic acids is 3. The van der Waals surface area contributed by atoms with E-state index < -0.39 is 6.10 Å². The first kappa shape index (κ1) is 61.4. The Kier molecular flexibility index (Phi) is 50.8. The summed E-state index contributed by atoms with van der Waals surface area (Å²) in [7, 11) is 0. The van der Waals surface area contributed by atoms with Gasteiger partial charge in [-0.1, -0.05) is 243 Å². The maximum absolute atomic E-state index is 12.8. The highest BCUT2D eigenvalue weighted by atomic mass is 16.6. The molecule has 1 atom stereocenters. The van der Waals surface area contributed by atoms with Crippen molar-refractivity contribution in [1.82, 2.24) is 0 Å². The van der Waals surface area contributed by atoms with Crippen LogP contribution < -0.4 is 0 Å². The molecule has 0 saturated heterocycles. The third-order valence-corrected chi connectivity index (χ3v) is 12.1. The van der Waals surface area contributed by atoms with Crippen molar-refractivity contribution >= 4 is 17.9 Å². The third-order valence-electron chi connectivity index (χ3n) is 12.1. The van der Waals surface area contributed by atoms with E-state index in [1.807, 2.05) is 0 Å². The molecular weight excluding hydrogens is 793 g/mol. The molecule has 0 amide bonds. The molecule has 0 saturated carbocycles. The van der Waals surface area contributed by atoms with Gasteiger partial charge in [0.25, 0.3) is 0 Å². The molecule has 0 N–H and O–H groups in total. The van der Waals surface area contributed by atoms with Gasteiger partial charge >= 0.3 is 17.9 Å². The summed E-state index contributed by atoms with van der Waals surface area (Å²) in [6.45, 7) is 6.48. The van der Waals surface area contributed by atoms with Crippen LogP contribution in [0.25, 0.3) is 0 Å². The lowest BCUT2D eigenvalue weighted by atomic mass is 10.0. The summed E-state index contributed by atoms with van der Waals surface area (Å²) in [5.74, 6) is -0.915. The number of allylic oxidation sites excluding steroid dienone is 8. The molecule has 64 heavy (non-hydrogen) atoms. The largest absolute Gasteiger partial charge is 0.462 e. The van der Waals surface area contributed by atoms with Crippen molar-refractivity contribution < 1.29 is 28.6 Å². The highest BCUT2D eigenvalue weighted by Gasteiger charge is 2.19. The Morgan fingerprint density at radius 2 is 0.625 bits per heavy atom. The average Bonchev–Trinajstić information content (AvgIpc) is 3.29. The minimum absolute atomic E-state index is 0.0851. The molecule has 0 fully saturated rings. The van der Waals surface area contributed by atoms with Gasteiger partial charge in [0.15, 0.2) is 6.10 Å². The Hall–Kier alpha value is -2.63. The molecule has 0 aliphatic rings. The van der Waals surface area contributed by atoms with Crippen molar-refractivity contribution in [2.75, 3.05) is 13.2 Å². The molecule has 0 bridgehead atoms. The molecule has 6 heteroatoms. The van der Waals surface area contributed by atoms with Crippen LogP contribution in [0, 0.1) is 0 Å². The summed E-state index contributed by atoms with van der Waals surface area (Å²) in [4.78, 5) is 38.0. The maximum atomic E-state index is 12.8. The highest BCUT2D eigenvalue weighted by Crippen LogP contribution is 2.16. The zero-order valence-electron chi connectivity index (χ0n) is 42.6. The molecule has 0 aromatic heterocycles. The van der Waals surface area contributed by atoms with Crippen LogP contribution >= 0.6 is 0 Å². The monoisotopic (exact) mass is 897 g/mol. The molecule has 0 aliphatic heterocycles. The number of ether oxygens (including phenoxy) is 3. The fraction of sp³-hybridized carbons (Fsp3) is 0.810. The first-order chi connectivity index (χ1) is 31.5. The number of carbonyl (C=O) groups is 3. The van der Waals surface area contributed by atoms with E-state index in [4.69, 9.17) is 14.2 Å². The molecular formula is C58H104O6. The predicted octanol–water partition coefficient (Wildman–Crippen LogP) is 18.3. The summed E-state index contributed by atoms with van der Waals surface area (Å²) < 4.78 is 16.8. The van der Waals surface area contributed by atoms with E-state index in [-0.39, 0.29) is 31.1 Å². The maximum Gasteiger partial charge on any atom is 0.306 e. The van der Waals surface area contributed by atoms with E-state index in [9.17, 15) is 14.4 Å². The first-order valence-corrected chi connectivity index (χ1v) is 27.6. The van der Waals surface area contributed by atoms with Crippen LogP contribution in [0.15, 0.2) is 48.6 Å². The molecule has 372 valence electrons. The number of hydrogen-bond acceptors (Lipinski definition) is 6. The number of rotatable bonds is 50. The van der Waals surface area contributed by atoms with E-state index >= 15 is 0 Å². The van der Waals surface area contributed by atoms with Gasteiger partial charge in [-0.05, 0) is 70.6 Å². The van der Waals surface area contributed by atoms with E-state index in [0.717, 1.165) is 89.9 Å². The summed E-state index contributed by atoms with van der Waals surface area (Å²) in [5.41, 5.74) is 0. The van der Waals surface area contributed by atoms with E-state index in [0.29, 0.717) is 19.3 Å². The van der Waals surface area contributed by atoms with Crippen LogP contribution in [-0.4, -0.2) is 37.2 Å². The fourth-order valence-corrected chi connectivity index (χ4v) is 7.91. The van der Waals surface area contributed by atoms with Crippen LogP contribution in [0.4, 0.5) is 0 Å². The van der Waals surface area contributed by atoms with Crippen LogP contribution in [0.5, 0.6) is 0 Å². The molecule has 0 aromatic carbocycles. The quantitative estimate of drug-likeness (QED) is 0.0262. The van der Waals surface area contributed by atoms with Gasteiger partial charge in [-0.15, -0.1) is 0 Å². The molecule has 0 aromatic rings. The second-order valence-corrected chi connectivity index (χ2v) is 18.5. The molecule has 1 unspecified atom stereocenters. The summed E-state index contributed by atoms with van der Waals surface area (Å²) in [6, 6.07) is 0. The lowest BCUT2D eigenvalue weighted by molar-refractivity contribution is -0.167. The molecule has 0 aliphatic carbocycles. The first-order valence-electron chi connectivity index (χ1n) is 27.6. The van der Waals surface area contributed by atoms with Gasteiger partial charge in [0.05, 0.1) is 0 Å². The van der Waals surface area contributed by atoms with E-state index in [1.54, 1.807) is 0 Å². The Morgan fingerprint density at radius 1 is 0.328 bits per heavy atom. The summed E-state index contributed by atoms with van der Waals surface area (Å²) >= 11 is 0. The van der Waals surface area contributed by atoms with Crippen molar-refractivity contribution in [3.63, 3.8) is 0 Å². The summed E-state index contributed by atoms with van der Waals surface area (Å²) in [6.07, 6.45) is 64.0. The predicted molar refractivity (Wildman–Crippen MR) is 275 cm³/mol. The van der Waals surface area contributed by atoms with Crippen molar-refractivity contribution in [3.8, 4) is 0 Å². The van der Waals surface area contributed by atoms with Gasteiger partial charge in [0.2, 0.25) is 0 Å². The van der Waals surface area contributed by atoms with Crippen molar-refractivity contribution in [2.24, 2.45) is 0 Å². The fourth-order valence-electron chi connectivity index (χ4n) is 7.91. The highest BCUT2D eigenvalue weighted by molar-refractivity contribution is 5.71. The normalized spacial score (nSPS) is 12.4. The topological polar surface area (TPSA) is 78.9 Å². The van der Waals surface area contributed by atoms with E-state index in [1.165, 1.54) is 154 Å². The minimum Gasteiger partial charge on any atom is -0.462 e. The third kappa shape index (κ3) is 50.4. The molecule has 0 heterocycles. The van der Waals surface area contributed by atoms with Crippen molar-refractivity contribution in [1.29, 1.82) is 0 Å². The summed E-state index contributed by atoms with van der Waals surface area (Å²) in [5, 5.41) is 0.